The Morgan fingerprint density at radius 3 is 2.81 bits per heavy atom. The van der Waals surface area contributed by atoms with E-state index < -0.39 is 0 Å². The summed E-state index contributed by atoms with van der Waals surface area (Å²) in [6.07, 6.45) is 2.58. The molecule has 0 aliphatic rings. The third-order valence-corrected chi connectivity index (χ3v) is 5.00. The number of aromatic nitrogens is 2. The second-order valence-electron chi connectivity index (χ2n) is 6.80. The van der Waals surface area contributed by atoms with Crippen molar-refractivity contribution in [3.63, 3.8) is 0 Å². The number of rotatable bonds is 8. The van der Waals surface area contributed by atoms with Crippen molar-refractivity contribution in [2.24, 2.45) is 5.92 Å². The Hall–Kier alpha value is -2.60. The first-order chi connectivity index (χ1) is 13.1. The van der Waals surface area contributed by atoms with Gasteiger partial charge in [0, 0.05) is 49.2 Å². The zero-order valence-corrected chi connectivity index (χ0v) is 16.4. The van der Waals surface area contributed by atoms with Crippen molar-refractivity contribution in [3.05, 3.63) is 36.2 Å². The molecule has 0 aliphatic carbocycles. The molecule has 0 bridgehead atoms. The van der Waals surface area contributed by atoms with E-state index in [1.807, 2.05) is 26.1 Å². The lowest BCUT2D eigenvalue weighted by Crippen LogP contribution is -2.32. The van der Waals surface area contributed by atoms with E-state index >= 15 is 0 Å². The number of benzene rings is 1. The zero-order valence-electron chi connectivity index (χ0n) is 16.4. The minimum absolute atomic E-state index is 0.0558. The van der Waals surface area contributed by atoms with E-state index in [4.69, 9.17) is 9.47 Å². The molecule has 0 fully saturated rings. The van der Waals surface area contributed by atoms with Gasteiger partial charge < -0.3 is 19.4 Å². The molecule has 3 rings (SSSR count). The summed E-state index contributed by atoms with van der Waals surface area (Å²) in [5.41, 5.74) is 3.21. The highest BCUT2D eigenvalue weighted by Crippen LogP contribution is 2.33. The van der Waals surface area contributed by atoms with E-state index in [-0.39, 0.29) is 11.8 Å². The molecular formula is C21H27N3O3. The molecule has 3 aromatic rings. The van der Waals surface area contributed by atoms with Gasteiger partial charge >= 0.3 is 0 Å². The highest BCUT2D eigenvalue weighted by Gasteiger charge is 2.17. The number of ether oxygens (including phenoxy) is 2. The maximum Gasteiger partial charge on any atom is 0.222 e. The van der Waals surface area contributed by atoms with Crippen molar-refractivity contribution in [2.45, 2.75) is 26.8 Å². The number of nitrogens with one attached hydrogen (secondary N) is 1. The Balaban J connectivity index is 1.91. The van der Waals surface area contributed by atoms with E-state index in [9.17, 15) is 4.79 Å². The molecule has 2 heterocycles. The SMILES string of the molecule is COCCNC(=O)C(C)CCn1c2cc(OC)ccc2c2ccnc(C)c21. The molecule has 1 amide bonds. The largest absolute Gasteiger partial charge is 0.497 e. The fourth-order valence-corrected chi connectivity index (χ4v) is 3.46. The van der Waals surface area contributed by atoms with Gasteiger partial charge in [-0.15, -0.1) is 0 Å². The third-order valence-electron chi connectivity index (χ3n) is 5.00. The number of carbonyl (C=O) groups is 1. The van der Waals surface area contributed by atoms with Crippen LogP contribution < -0.4 is 10.1 Å². The molecule has 1 aromatic carbocycles. The van der Waals surface area contributed by atoms with Crippen LogP contribution in [0.15, 0.2) is 30.5 Å². The average molecular weight is 369 g/mol. The molecule has 2 aromatic heterocycles. The molecule has 1 N–H and O–H groups in total. The second kappa shape index (κ2) is 8.39. The molecule has 0 aliphatic heterocycles. The summed E-state index contributed by atoms with van der Waals surface area (Å²) in [6.45, 7) is 5.78. The number of amides is 1. The summed E-state index contributed by atoms with van der Waals surface area (Å²) in [5.74, 6) is 0.791. The average Bonchev–Trinajstić information content (AvgIpc) is 3.00. The first-order valence-corrected chi connectivity index (χ1v) is 9.25. The van der Waals surface area contributed by atoms with Crippen molar-refractivity contribution in [1.29, 1.82) is 0 Å². The minimum Gasteiger partial charge on any atom is -0.497 e. The minimum atomic E-state index is -0.0862. The Kier molecular flexibility index (Phi) is 5.96. The van der Waals surface area contributed by atoms with Gasteiger partial charge in [0.1, 0.15) is 5.75 Å². The fraction of sp³-hybridized carbons (Fsp3) is 0.429. The monoisotopic (exact) mass is 369 g/mol. The van der Waals surface area contributed by atoms with Crippen molar-refractivity contribution in [1.82, 2.24) is 14.9 Å². The number of hydrogen-bond donors (Lipinski definition) is 1. The van der Waals surface area contributed by atoms with Crippen LogP contribution in [-0.4, -0.2) is 42.8 Å². The summed E-state index contributed by atoms with van der Waals surface area (Å²) in [4.78, 5) is 16.7. The molecule has 27 heavy (non-hydrogen) atoms. The predicted octanol–water partition coefficient (Wildman–Crippen LogP) is 3.30. The highest BCUT2D eigenvalue weighted by atomic mass is 16.5. The number of hydrogen-bond acceptors (Lipinski definition) is 4. The standard InChI is InChI=1S/C21H27N3O3/c1-14(21(25)23-10-12-26-3)8-11-24-19-13-16(27-4)5-6-17(19)18-7-9-22-15(2)20(18)24/h5-7,9,13-14H,8,10-12H2,1-4H3,(H,23,25). The molecular weight excluding hydrogens is 342 g/mol. The van der Waals surface area contributed by atoms with Crippen molar-refractivity contribution in [2.75, 3.05) is 27.4 Å². The van der Waals surface area contributed by atoms with Gasteiger partial charge in [-0.1, -0.05) is 6.92 Å². The smallest absolute Gasteiger partial charge is 0.222 e. The first-order valence-electron chi connectivity index (χ1n) is 9.25. The highest BCUT2D eigenvalue weighted by molar-refractivity contribution is 6.09. The van der Waals surface area contributed by atoms with Crippen LogP contribution in [0, 0.1) is 12.8 Å². The Bertz CT molecular complexity index is 949. The first kappa shape index (κ1) is 19.2. The number of nitrogens with zero attached hydrogens (tertiary/aromatic N) is 2. The van der Waals surface area contributed by atoms with Crippen molar-refractivity contribution in [3.8, 4) is 5.75 Å². The summed E-state index contributed by atoms with van der Waals surface area (Å²) in [6, 6.07) is 8.17. The molecule has 1 unspecified atom stereocenters. The van der Waals surface area contributed by atoms with E-state index in [1.54, 1.807) is 14.2 Å². The summed E-state index contributed by atoms with van der Waals surface area (Å²) in [7, 11) is 3.30. The van der Waals surface area contributed by atoms with Crippen LogP contribution in [0.3, 0.4) is 0 Å². The topological polar surface area (TPSA) is 65.4 Å². The van der Waals surface area contributed by atoms with Gasteiger partial charge in [-0.3, -0.25) is 9.78 Å². The van der Waals surface area contributed by atoms with Gasteiger partial charge in [0.05, 0.1) is 30.4 Å². The van der Waals surface area contributed by atoms with Gasteiger partial charge in [0.15, 0.2) is 0 Å². The zero-order chi connectivity index (χ0) is 19.4. The molecule has 6 heteroatoms. The van der Waals surface area contributed by atoms with Gasteiger partial charge in [0.25, 0.3) is 0 Å². The molecule has 0 saturated carbocycles. The van der Waals surface area contributed by atoms with Crippen LogP contribution in [-0.2, 0) is 16.1 Å². The molecule has 1 atom stereocenters. The van der Waals surface area contributed by atoms with Gasteiger partial charge in [-0.25, -0.2) is 0 Å². The van der Waals surface area contributed by atoms with Crippen LogP contribution in [0.2, 0.25) is 0 Å². The molecule has 144 valence electrons. The quantitative estimate of drug-likeness (QED) is 0.619. The van der Waals surface area contributed by atoms with Crippen LogP contribution in [0.25, 0.3) is 21.8 Å². The number of pyridine rings is 1. The Morgan fingerprint density at radius 2 is 2.07 bits per heavy atom. The lowest BCUT2D eigenvalue weighted by Gasteiger charge is -2.14. The fourth-order valence-electron chi connectivity index (χ4n) is 3.46. The van der Waals surface area contributed by atoms with Crippen LogP contribution >= 0.6 is 0 Å². The third kappa shape index (κ3) is 3.90. The second-order valence-corrected chi connectivity index (χ2v) is 6.80. The van der Waals surface area contributed by atoms with E-state index in [0.717, 1.165) is 35.4 Å². The van der Waals surface area contributed by atoms with Crippen LogP contribution in [0.5, 0.6) is 5.75 Å². The summed E-state index contributed by atoms with van der Waals surface area (Å²) >= 11 is 0. The number of aryl methyl sites for hydroxylation is 2. The number of methoxy groups -OCH3 is 2. The van der Waals surface area contributed by atoms with Gasteiger partial charge in [0.2, 0.25) is 5.91 Å². The molecule has 0 spiro atoms. The van der Waals surface area contributed by atoms with Crippen molar-refractivity contribution >= 4 is 27.7 Å². The lowest BCUT2D eigenvalue weighted by molar-refractivity contribution is -0.124. The number of fused-ring (bicyclic) bond motifs is 3. The normalized spacial score (nSPS) is 12.4. The Morgan fingerprint density at radius 1 is 1.26 bits per heavy atom. The lowest BCUT2D eigenvalue weighted by atomic mass is 10.1. The maximum atomic E-state index is 12.3. The van der Waals surface area contributed by atoms with Crippen LogP contribution in [0.4, 0.5) is 0 Å². The Labute approximate surface area is 159 Å². The molecule has 0 radical (unpaired) electrons. The predicted molar refractivity (Wildman–Crippen MR) is 107 cm³/mol. The van der Waals surface area contributed by atoms with Gasteiger partial charge in [-0.05, 0) is 31.5 Å². The maximum absolute atomic E-state index is 12.3. The molecule has 6 nitrogen and oxygen atoms in total. The summed E-state index contributed by atoms with van der Waals surface area (Å²) in [5, 5.41) is 5.26. The molecule has 0 saturated heterocycles. The van der Waals surface area contributed by atoms with Crippen molar-refractivity contribution < 1.29 is 14.3 Å². The van der Waals surface area contributed by atoms with Gasteiger partial charge in [-0.2, -0.15) is 0 Å². The number of carbonyl (C=O) groups excluding carboxylic acids is 1. The van der Waals surface area contributed by atoms with E-state index in [1.165, 1.54) is 10.8 Å². The van der Waals surface area contributed by atoms with Crippen LogP contribution in [0.1, 0.15) is 19.0 Å². The van der Waals surface area contributed by atoms with E-state index in [0.29, 0.717) is 13.2 Å². The summed E-state index contributed by atoms with van der Waals surface area (Å²) < 4.78 is 12.7. The van der Waals surface area contributed by atoms with E-state index in [2.05, 4.69) is 33.1 Å².